The van der Waals surface area contributed by atoms with Gasteiger partial charge in [-0.2, -0.15) is 0 Å². The third kappa shape index (κ3) is 4.64. The molecule has 61 heavy (non-hydrogen) atoms. The second kappa shape index (κ2) is 11.8. The van der Waals surface area contributed by atoms with Gasteiger partial charge in [0.2, 0.25) is 0 Å². The first-order valence-electron chi connectivity index (χ1n) is 21.7. The summed E-state index contributed by atoms with van der Waals surface area (Å²) in [6, 6.07) is 61.9. The molecule has 4 heterocycles. The molecule has 0 spiro atoms. The maximum atomic E-state index is 2.63. The summed E-state index contributed by atoms with van der Waals surface area (Å²) in [5.41, 5.74) is 13.7. The third-order valence-corrected chi connectivity index (χ3v) is 13.8. The first-order chi connectivity index (χ1) is 29.5. The molecule has 3 heteroatoms. The molecule has 0 saturated heterocycles. The molecule has 0 saturated carbocycles. The topological polar surface area (TPSA) is 12.1 Å². The molecular formula is C58H45N3. The quantitative estimate of drug-likeness (QED) is 0.174. The Morgan fingerprint density at radius 3 is 1.51 bits per heavy atom. The Hall–Kier alpha value is -7.10. The van der Waals surface area contributed by atoms with Gasteiger partial charge in [0.05, 0.1) is 38.8 Å². The molecule has 0 fully saturated rings. The average Bonchev–Trinajstić information content (AvgIpc) is 3.98. The Kier molecular flexibility index (Phi) is 6.72. The van der Waals surface area contributed by atoms with Crippen LogP contribution in [0.3, 0.4) is 0 Å². The molecule has 4 aromatic heterocycles. The van der Waals surface area contributed by atoms with Crippen molar-refractivity contribution >= 4 is 115 Å². The summed E-state index contributed by atoms with van der Waals surface area (Å²) in [5, 5.41) is 15.6. The van der Waals surface area contributed by atoms with Gasteiger partial charge in [0.15, 0.2) is 0 Å². The predicted molar refractivity (Wildman–Crippen MR) is 263 cm³/mol. The summed E-state index contributed by atoms with van der Waals surface area (Å²) in [6.07, 6.45) is 0. The average molecular weight is 784 g/mol. The Labute approximate surface area is 354 Å². The number of hydrogen-bond donors (Lipinski definition) is 0. The molecule has 0 radical (unpaired) electrons. The normalized spacial score (nSPS) is 13.1. The van der Waals surface area contributed by atoms with Gasteiger partial charge in [0.1, 0.15) is 0 Å². The molecule has 0 amide bonds. The van der Waals surface area contributed by atoms with Crippen LogP contribution in [-0.2, 0) is 10.8 Å². The van der Waals surface area contributed by atoms with Crippen LogP contribution in [0.2, 0.25) is 0 Å². The Bertz CT molecular complexity index is 3890. The smallest absolute Gasteiger partial charge is 0.0789 e. The molecular weight excluding hydrogens is 739 g/mol. The van der Waals surface area contributed by atoms with Crippen molar-refractivity contribution < 1.29 is 0 Å². The zero-order valence-electron chi connectivity index (χ0n) is 35.4. The number of hydrogen-bond acceptors (Lipinski definition) is 1. The fourth-order valence-corrected chi connectivity index (χ4v) is 10.8. The molecule has 0 unspecified atom stereocenters. The largest absolute Gasteiger partial charge is 0.308 e. The van der Waals surface area contributed by atoms with Gasteiger partial charge in [0, 0.05) is 54.5 Å². The predicted octanol–water partition coefficient (Wildman–Crippen LogP) is 16.4. The van der Waals surface area contributed by atoms with E-state index >= 15 is 0 Å². The lowest BCUT2D eigenvalue weighted by Crippen LogP contribution is -2.11. The summed E-state index contributed by atoms with van der Waals surface area (Å²) < 4.78 is 5.21. The first kappa shape index (κ1) is 34.7. The molecule has 13 aromatic rings. The number of fused-ring (bicyclic) bond motifs is 16. The molecule has 3 nitrogen and oxygen atoms in total. The molecule has 292 valence electrons. The van der Waals surface area contributed by atoms with Crippen LogP contribution in [-0.4, -0.2) is 8.80 Å². The van der Waals surface area contributed by atoms with Gasteiger partial charge in [-0.25, -0.2) is 0 Å². The van der Waals surface area contributed by atoms with Gasteiger partial charge in [-0.1, -0.05) is 133 Å². The maximum absolute atomic E-state index is 2.63. The van der Waals surface area contributed by atoms with Crippen LogP contribution in [0.25, 0.3) is 97.7 Å². The van der Waals surface area contributed by atoms with Gasteiger partial charge in [0.25, 0.3) is 0 Å². The van der Waals surface area contributed by atoms with Crippen molar-refractivity contribution in [3.05, 3.63) is 175 Å². The lowest BCUT2D eigenvalue weighted by molar-refractivity contribution is 0.591. The highest BCUT2D eigenvalue weighted by atomic mass is 15.2. The second-order valence-electron chi connectivity index (χ2n) is 19.4. The summed E-state index contributed by atoms with van der Waals surface area (Å²) in [5.74, 6) is 0. The molecule has 0 aliphatic carbocycles. The summed E-state index contributed by atoms with van der Waals surface area (Å²) in [7, 11) is 0. The van der Waals surface area contributed by atoms with Gasteiger partial charge in [-0.15, -0.1) is 0 Å². The van der Waals surface area contributed by atoms with Crippen molar-refractivity contribution in [1.82, 2.24) is 8.80 Å². The van der Waals surface area contributed by atoms with E-state index in [0.717, 1.165) is 11.4 Å². The van der Waals surface area contributed by atoms with Crippen LogP contribution >= 0.6 is 0 Å². The van der Waals surface area contributed by atoms with E-state index < -0.39 is 0 Å². The Morgan fingerprint density at radius 1 is 0.344 bits per heavy atom. The zero-order chi connectivity index (χ0) is 41.1. The van der Waals surface area contributed by atoms with E-state index in [4.69, 9.17) is 0 Å². The number of para-hydroxylation sites is 2. The van der Waals surface area contributed by atoms with E-state index in [2.05, 4.69) is 219 Å². The van der Waals surface area contributed by atoms with E-state index in [1.54, 1.807) is 0 Å². The fraction of sp³-hybridized carbons (Fsp3) is 0.138. The Balaban J connectivity index is 1.28. The van der Waals surface area contributed by atoms with E-state index in [-0.39, 0.29) is 10.8 Å². The number of benzene rings is 9. The highest BCUT2D eigenvalue weighted by molar-refractivity contribution is 6.35. The maximum Gasteiger partial charge on any atom is 0.0789 e. The molecule has 9 aromatic carbocycles. The number of rotatable bonds is 3. The van der Waals surface area contributed by atoms with Crippen molar-refractivity contribution in [3.8, 4) is 0 Å². The van der Waals surface area contributed by atoms with Crippen LogP contribution in [0.5, 0.6) is 0 Å². The van der Waals surface area contributed by atoms with E-state index in [1.807, 2.05) is 0 Å². The summed E-state index contributed by atoms with van der Waals surface area (Å²) in [4.78, 5) is 2.46. The van der Waals surface area contributed by atoms with Crippen LogP contribution < -0.4 is 4.90 Å². The Morgan fingerprint density at radius 2 is 0.852 bits per heavy atom. The standard InChI is InChI=1S/C58H45N3/c1-57(2,3)36-25-26-48-42(29-36)44-27-34-17-13-15-23-40(34)52-46-33-49-43(32-50(46)60(48)55(44)52)45-30-37(58(4,5)6)31-47-53-41-24-16-14-18-35(41)28-51(56(53)61(49)54(45)47)59(38-19-9-7-10-20-38)39-21-11-8-12-22-39/h7-33H,1-6H3. The minimum Gasteiger partial charge on any atom is -0.308 e. The summed E-state index contributed by atoms with van der Waals surface area (Å²) >= 11 is 0. The van der Waals surface area contributed by atoms with Gasteiger partial charge >= 0.3 is 0 Å². The number of nitrogens with zero attached hydrogens (tertiary/aromatic N) is 3. The van der Waals surface area contributed by atoms with Crippen molar-refractivity contribution in [2.24, 2.45) is 0 Å². The highest BCUT2D eigenvalue weighted by Gasteiger charge is 2.29. The number of anilines is 3. The number of aromatic nitrogens is 2. The van der Waals surface area contributed by atoms with Gasteiger partial charge < -0.3 is 13.7 Å². The highest BCUT2D eigenvalue weighted by Crippen LogP contribution is 2.51. The van der Waals surface area contributed by atoms with Crippen LogP contribution in [0.15, 0.2) is 164 Å². The zero-order valence-corrected chi connectivity index (χ0v) is 35.4. The lowest BCUT2D eigenvalue weighted by atomic mass is 9.85. The van der Waals surface area contributed by atoms with E-state index in [1.165, 1.54) is 115 Å². The van der Waals surface area contributed by atoms with Gasteiger partial charge in [-0.3, -0.25) is 0 Å². The van der Waals surface area contributed by atoms with Crippen molar-refractivity contribution in [2.75, 3.05) is 4.90 Å². The molecule has 0 bridgehead atoms. The molecule has 0 aliphatic heterocycles. The van der Waals surface area contributed by atoms with Crippen LogP contribution in [0.4, 0.5) is 17.1 Å². The van der Waals surface area contributed by atoms with E-state index in [9.17, 15) is 0 Å². The van der Waals surface area contributed by atoms with Crippen molar-refractivity contribution in [3.63, 3.8) is 0 Å². The van der Waals surface area contributed by atoms with E-state index in [0.29, 0.717) is 0 Å². The van der Waals surface area contributed by atoms with Crippen molar-refractivity contribution in [1.29, 1.82) is 0 Å². The molecule has 0 atom stereocenters. The van der Waals surface area contributed by atoms with Crippen LogP contribution in [0.1, 0.15) is 52.7 Å². The molecule has 0 N–H and O–H groups in total. The molecule has 0 aliphatic rings. The second-order valence-corrected chi connectivity index (χ2v) is 19.4. The van der Waals surface area contributed by atoms with Crippen molar-refractivity contribution in [2.45, 2.75) is 52.4 Å². The summed E-state index contributed by atoms with van der Waals surface area (Å²) in [6.45, 7) is 14.0. The monoisotopic (exact) mass is 783 g/mol. The fourth-order valence-electron chi connectivity index (χ4n) is 10.8. The minimum atomic E-state index is -0.0607. The minimum absolute atomic E-state index is 0.0472. The molecule has 13 rings (SSSR count). The van der Waals surface area contributed by atoms with Gasteiger partial charge in [-0.05, 0) is 116 Å². The van der Waals surface area contributed by atoms with Crippen LogP contribution in [0, 0.1) is 0 Å². The lowest BCUT2D eigenvalue weighted by Gasteiger charge is -2.27. The first-order valence-corrected chi connectivity index (χ1v) is 21.7. The SMILES string of the molecule is CC(C)(C)c1ccc2c(c1)c1cc3ccccc3c3c4cc5c(cc4n2c13)c1cc(C(C)(C)C)cc2c3c4ccccc4cc(N(c4ccccc4)c4ccccc4)c3n5c12. The third-order valence-electron chi connectivity index (χ3n) is 13.8.